The molecule has 0 spiro atoms. The van der Waals surface area contributed by atoms with Crippen molar-refractivity contribution in [1.82, 2.24) is 4.57 Å². The summed E-state index contributed by atoms with van der Waals surface area (Å²) in [6.45, 7) is 0. The van der Waals surface area contributed by atoms with Crippen LogP contribution in [0.1, 0.15) is 0 Å². The molecule has 0 amide bonds. The third-order valence-corrected chi connectivity index (χ3v) is 10.2. The first-order chi connectivity index (χ1) is 24.8. The molecule has 8 aromatic carbocycles. The fourth-order valence-corrected chi connectivity index (χ4v) is 7.96. The molecule has 0 N–H and O–H groups in total. The zero-order chi connectivity index (χ0) is 32.8. The Morgan fingerprint density at radius 3 is 2.02 bits per heavy atom. The Kier molecular flexibility index (Phi) is 5.63. The number of hydrogen-bond acceptors (Lipinski definition) is 3. The van der Waals surface area contributed by atoms with E-state index < -0.39 is 0 Å². The standard InChI is InChI=1S/C46H28N2O2/c1-2-12-30(13-3-1)48-39-17-8-6-15-34(39)38-27-31(23-26-40(38)48)47(41-18-10-20-43-45(41)37-16-7-9-19-42(37)49-43)32-22-25-35-36-24-21-29-11-4-5-14-33(29)46(36)50-44(35)28-32/h1-28H. The van der Waals surface area contributed by atoms with Crippen LogP contribution in [0.4, 0.5) is 17.1 Å². The lowest BCUT2D eigenvalue weighted by atomic mass is 10.0. The second kappa shape index (κ2) is 10.4. The molecule has 0 saturated carbocycles. The number of fused-ring (bicyclic) bond motifs is 11. The average molecular weight is 641 g/mol. The molecule has 3 heterocycles. The van der Waals surface area contributed by atoms with Crippen LogP contribution in [0.5, 0.6) is 0 Å². The van der Waals surface area contributed by atoms with E-state index in [4.69, 9.17) is 8.83 Å². The highest BCUT2D eigenvalue weighted by atomic mass is 16.3. The summed E-state index contributed by atoms with van der Waals surface area (Å²) < 4.78 is 15.5. The Balaban J connectivity index is 1.20. The molecule has 234 valence electrons. The number of hydrogen-bond donors (Lipinski definition) is 0. The van der Waals surface area contributed by atoms with Crippen LogP contribution in [0.2, 0.25) is 0 Å². The number of benzene rings is 8. The van der Waals surface area contributed by atoms with Gasteiger partial charge < -0.3 is 18.3 Å². The van der Waals surface area contributed by atoms with Gasteiger partial charge in [-0.15, -0.1) is 0 Å². The maximum Gasteiger partial charge on any atom is 0.143 e. The lowest BCUT2D eigenvalue weighted by Gasteiger charge is -2.26. The smallest absolute Gasteiger partial charge is 0.143 e. The molecular weight excluding hydrogens is 613 g/mol. The van der Waals surface area contributed by atoms with Crippen molar-refractivity contribution >= 4 is 93.5 Å². The van der Waals surface area contributed by atoms with Crippen LogP contribution in [0.15, 0.2) is 179 Å². The molecule has 0 aliphatic carbocycles. The number of aromatic nitrogens is 1. The molecule has 0 saturated heterocycles. The fraction of sp³-hybridized carbons (Fsp3) is 0. The molecule has 4 heteroatoms. The van der Waals surface area contributed by atoms with Gasteiger partial charge in [-0.25, -0.2) is 0 Å². The van der Waals surface area contributed by atoms with Crippen LogP contribution in [0, 0.1) is 0 Å². The van der Waals surface area contributed by atoms with E-state index in [9.17, 15) is 0 Å². The van der Waals surface area contributed by atoms with Gasteiger partial charge in [-0.05, 0) is 78.2 Å². The maximum atomic E-state index is 6.70. The van der Waals surface area contributed by atoms with E-state index in [1.54, 1.807) is 0 Å². The number of rotatable bonds is 4. The summed E-state index contributed by atoms with van der Waals surface area (Å²) >= 11 is 0. The van der Waals surface area contributed by atoms with Crippen molar-refractivity contribution < 1.29 is 8.83 Å². The monoisotopic (exact) mass is 640 g/mol. The number of para-hydroxylation sites is 3. The van der Waals surface area contributed by atoms with E-state index >= 15 is 0 Å². The Bertz CT molecular complexity index is 3110. The molecule has 0 radical (unpaired) electrons. The minimum atomic E-state index is 0.852. The highest BCUT2D eigenvalue weighted by molar-refractivity contribution is 6.17. The van der Waals surface area contributed by atoms with Crippen LogP contribution in [0.3, 0.4) is 0 Å². The Labute approximate surface area is 286 Å². The van der Waals surface area contributed by atoms with Crippen LogP contribution in [0.25, 0.3) is 82.1 Å². The average Bonchev–Trinajstić information content (AvgIpc) is 3.85. The minimum Gasteiger partial charge on any atom is -0.456 e. The van der Waals surface area contributed by atoms with Gasteiger partial charge in [0.1, 0.15) is 22.3 Å². The van der Waals surface area contributed by atoms with Crippen molar-refractivity contribution in [2.24, 2.45) is 0 Å². The quantitative estimate of drug-likeness (QED) is 0.192. The van der Waals surface area contributed by atoms with Gasteiger partial charge in [-0.3, -0.25) is 0 Å². The maximum absolute atomic E-state index is 6.70. The van der Waals surface area contributed by atoms with Crippen molar-refractivity contribution in [1.29, 1.82) is 0 Å². The first-order valence-electron chi connectivity index (χ1n) is 16.9. The van der Waals surface area contributed by atoms with Gasteiger partial charge in [0.2, 0.25) is 0 Å². The van der Waals surface area contributed by atoms with Crippen LogP contribution in [-0.2, 0) is 0 Å². The third kappa shape index (κ3) is 3.87. The topological polar surface area (TPSA) is 34.5 Å². The van der Waals surface area contributed by atoms with Gasteiger partial charge in [0, 0.05) is 55.4 Å². The van der Waals surface area contributed by atoms with Gasteiger partial charge >= 0.3 is 0 Å². The number of nitrogens with zero attached hydrogens (tertiary/aromatic N) is 2. The molecule has 0 fully saturated rings. The first kappa shape index (κ1) is 27.2. The van der Waals surface area contributed by atoms with Gasteiger partial charge in [-0.1, -0.05) is 91.0 Å². The van der Waals surface area contributed by atoms with Crippen molar-refractivity contribution in [2.45, 2.75) is 0 Å². The summed E-state index contributed by atoms with van der Waals surface area (Å²) in [5.74, 6) is 0. The zero-order valence-corrected chi connectivity index (χ0v) is 26.9. The molecule has 0 aliphatic heterocycles. The fourth-order valence-electron chi connectivity index (χ4n) is 7.96. The predicted octanol–water partition coefficient (Wildman–Crippen LogP) is 13.2. The molecule has 11 aromatic rings. The van der Waals surface area contributed by atoms with E-state index in [-0.39, 0.29) is 0 Å². The summed E-state index contributed by atoms with van der Waals surface area (Å²) in [5, 5.41) is 9.06. The van der Waals surface area contributed by atoms with Crippen molar-refractivity contribution in [3.8, 4) is 5.69 Å². The van der Waals surface area contributed by atoms with Crippen LogP contribution in [-0.4, -0.2) is 4.57 Å². The van der Waals surface area contributed by atoms with Crippen molar-refractivity contribution in [3.05, 3.63) is 170 Å². The summed E-state index contributed by atoms with van der Waals surface area (Å²) in [6, 6.07) is 60.1. The molecule has 50 heavy (non-hydrogen) atoms. The molecule has 0 aliphatic rings. The summed E-state index contributed by atoms with van der Waals surface area (Å²) in [6.07, 6.45) is 0. The molecule has 11 rings (SSSR count). The second-order valence-corrected chi connectivity index (χ2v) is 12.9. The Morgan fingerprint density at radius 2 is 1.10 bits per heavy atom. The predicted molar refractivity (Wildman–Crippen MR) is 208 cm³/mol. The largest absolute Gasteiger partial charge is 0.456 e. The minimum absolute atomic E-state index is 0.852. The van der Waals surface area contributed by atoms with Crippen LogP contribution < -0.4 is 4.90 Å². The SMILES string of the molecule is c1ccc(-n2c3ccccc3c3cc(N(c4ccc5c(c4)oc4c6ccccc6ccc54)c4cccc5oc6ccccc6c45)ccc32)cc1. The number of anilines is 3. The lowest BCUT2D eigenvalue weighted by Crippen LogP contribution is -2.10. The van der Waals surface area contributed by atoms with Gasteiger partial charge in [-0.2, -0.15) is 0 Å². The highest BCUT2D eigenvalue weighted by Crippen LogP contribution is 2.46. The molecule has 3 aromatic heterocycles. The first-order valence-corrected chi connectivity index (χ1v) is 16.9. The van der Waals surface area contributed by atoms with E-state index in [1.807, 2.05) is 12.1 Å². The van der Waals surface area contributed by atoms with E-state index in [1.165, 1.54) is 21.7 Å². The lowest BCUT2D eigenvalue weighted by molar-refractivity contribution is 0.669. The zero-order valence-electron chi connectivity index (χ0n) is 26.9. The summed E-state index contributed by atoms with van der Waals surface area (Å²) in [7, 11) is 0. The molecule has 0 atom stereocenters. The molecule has 0 unspecified atom stereocenters. The molecule has 4 nitrogen and oxygen atoms in total. The molecular formula is C46H28N2O2. The van der Waals surface area contributed by atoms with Gasteiger partial charge in [0.05, 0.1) is 22.1 Å². The second-order valence-electron chi connectivity index (χ2n) is 12.9. The summed E-state index contributed by atoms with van der Waals surface area (Å²) in [5.41, 5.74) is 10.1. The van der Waals surface area contributed by atoms with Crippen molar-refractivity contribution in [3.63, 3.8) is 0 Å². The summed E-state index contributed by atoms with van der Waals surface area (Å²) in [4.78, 5) is 2.35. The van der Waals surface area contributed by atoms with E-state index in [2.05, 4.69) is 167 Å². The number of furan rings is 2. The highest BCUT2D eigenvalue weighted by Gasteiger charge is 2.22. The van der Waals surface area contributed by atoms with Gasteiger partial charge in [0.25, 0.3) is 0 Å². The Morgan fingerprint density at radius 1 is 0.400 bits per heavy atom. The normalized spacial score (nSPS) is 12.0. The third-order valence-electron chi connectivity index (χ3n) is 10.2. The molecule has 0 bridgehead atoms. The Hall–Kier alpha value is -6.78. The van der Waals surface area contributed by atoms with Gasteiger partial charge in [0.15, 0.2) is 0 Å². The van der Waals surface area contributed by atoms with E-state index in [0.29, 0.717) is 0 Å². The van der Waals surface area contributed by atoms with E-state index in [0.717, 1.165) is 77.5 Å². The van der Waals surface area contributed by atoms with Crippen LogP contribution >= 0.6 is 0 Å². The van der Waals surface area contributed by atoms with Crippen molar-refractivity contribution in [2.75, 3.05) is 4.90 Å².